The van der Waals surface area contributed by atoms with Gasteiger partial charge < -0.3 is 14.4 Å². The fraction of sp³-hybridized carbons (Fsp3) is 0.533. The Morgan fingerprint density at radius 2 is 2.00 bits per heavy atom. The van der Waals surface area contributed by atoms with E-state index in [1.165, 1.54) is 12.7 Å². The Hall–Kier alpha value is -1.55. The fourth-order valence-corrected chi connectivity index (χ4v) is 1.91. The average molecular weight is 265 g/mol. The zero-order valence-electron chi connectivity index (χ0n) is 12.2. The molecule has 0 heterocycles. The molecule has 1 aromatic carbocycles. The molecule has 19 heavy (non-hydrogen) atoms. The fourth-order valence-electron chi connectivity index (χ4n) is 1.91. The molecule has 0 aliphatic carbocycles. The lowest BCUT2D eigenvalue weighted by Crippen LogP contribution is -2.24. The molecule has 0 aliphatic heterocycles. The third-order valence-corrected chi connectivity index (χ3v) is 3.17. The zero-order chi connectivity index (χ0) is 14.3. The van der Waals surface area contributed by atoms with Gasteiger partial charge in [-0.2, -0.15) is 0 Å². The summed E-state index contributed by atoms with van der Waals surface area (Å²) < 4.78 is 9.87. The highest BCUT2D eigenvalue weighted by molar-refractivity contribution is 5.69. The van der Waals surface area contributed by atoms with E-state index >= 15 is 0 Å². The van der Waals surface area contributed by atoms with Gasteiger partial charge in [0, 0.05) is 13.1 Å². The van der Waals surface area contributed by atoms with E-state index in [-0.39, 0.29) is 5.97 Å². The molecule has 1 aromatic rings. The second kappa shape index (κ2) is 7.79. The summed E-state index contributed by atoms with van der Waals surface area (Å²) in [4.78, 5) is 13.2. The predicted molar refractivity (Wildman–Crippen MR) is 75.6 cm³/mol. The van der Waals surface area contributed by atoms with Crippen LogP contribution in [0, 0.1) is 6.92 Å². The number of carbonyl (C=O) groups is 1. The molecule has 0 amide bonds. The van der Waals surface area contributed by atoms with Crippen LogP contribution in [0.2, 0.25) is 0 Å². The Morgan fingerprint density at radius 3 is 2.58 bits per heavy atom. The molecule has 0 saturated heterocycles. The van der Waals surface area contributed by atoms with Crippen LogP contribution in [0.4, 0.5) is 0 Å². The minimum absolute atomic E-state index is 0.160. The SMILES string of the molecule is COC(=O)CCN(C)CCc1ccc(OC)c(C)c1. The zero-order valence-corrected chi connectivity index (χ0v) is 12.2. The van der Waals surface area contributed by atoms with Gasteiger partial charge in [0.15, 0.2) is 0 Å². The summed E-state index contributed by atoms with van der Waals surface area (Å²) in [6.45, 7) is 3.69. The largest absolute Gasteiger partial charge is 0.496 e. The first-order valence-corrected chi connectivity index (χ1v) is 6.45. The standard InChI is InChI=1S/C15H23NO3/c1-12-11-13(5-6-14(12)18-3)7-9-16(2)10-8-15(17)19-4/h5-6,11H,7-10H2,1-4H3. The third-order valence-electron chi connectivity index (χ3n) is 3.17. The normalized spacial score (nSPS) is 10.6. The average Bonchev–Trinajstić information content (AvgIpc) is 2.42. The first kappa shape index (κ1) is 15.5. The molecule has 0 aliphatic rings. The van der Waals surface area contributed by atoms with E-state index in [0.29, 0.717) is 6.42 Å². The summed E-state index contributed by atoms with van der Waals surface area (Å²) in [5, 5.41) is 0. The number of ether oxygens (including phenoxy) is 2. The van der Waals surface area contributed by atoms with E-state index < -0.39 is 0 Å². The highest BCUT2D eigenvalue weighted by atomic mass is 16.5. The van der Waals surface area contributed by atoms with E-state index in [1.54, 1.807) is 7.11 Å². The van der Waals surface area contributed by atoms with Crippen molar-refractivity contribution in [1.82, 2.24) is 4.90 Å². The minimum atomic E-state index is -0.160. The molecule has 0 atom stereocenters. The van der Waals surface area contributed by atoms with E-state index in [9.17, 15) is 4.79 Å². The van der Waals surface area contributed by atoms with Crippen LogP contribution in [-0.4, -0.2) is 45.2 Å². The molecule has 0 saturated carbocycles. The van der Waals surface area contributed by atoms with Crippen LogP contribution in [0.25, 0.3) is 0 Å². The van der Waals surface area contributed by atoms with Gasteiger partial charge in [0.05, 0.1) is 20.6 Å². The Morgan fingerprint density at radius 1 is 1.26 bits per heavy atom. The first-order chi connectivity index (χ1) is 9.06. The number of methoxy groups -OCH3 is 2. The molecule has 4 nitrogen and oxygen atoms in total. The van der Waals surface area contributed by atoms with Crippen LogP contribution in [-0.2, 0) is 16.0 Å². The second-order valence-corrected chi connectivity index (χ2v) is 4.68. The van der Waals surface area contributed by atoms with Crippen LogP contribution in [0.15, 0.2) is 18.2 Å². The lowest BCUT2D eigenvalue weighted by molar-refractivity contribution is -0.140. The lowest BCUT2D eigenvalue weighted by Gasteiger charge is -2.16. The van der Waals surface area contributed by atoms with E-state index in [1.807, 2.05) is 20.0 Å². The predicted octanol–water partition coefficient (Wildman–Crippen LogP) is 2.04. The van der Waals surface area contributed by atoms with E-state index in [0.717, 1.165) is 30.8 Å². The second-order valence-electron chi connectivity index (χ2n) is 4.68. The number of likely N-dealkylation sites (N-methyl/N-ethyl adjacent to an activating group) is 1. The molecule has 0 aromatic heterocycles. The molecule has 0 fully saturated rings. The number of nitrogens with zero attached hydrogens (tertiary/aromatic N) is 1. The molecule has 4 heteroatoms. The molecule has 106 valence electrons. The van der Waals surface area contributed by atoms with Crippen LogP contribution < -0.4 is 4.74 Å². The van der Waals surface area contributed by atoms with Gasteiger partial charge in [0.2, 0.25) is 0 Å². The molecule has 0 radical (unpaired) electrons. The maximum atomic E-state index is 11.0. The first-order valence-electron chi connectivity index (χ1n) is 6.45. The number of hydrogen-bond donors (Lipinski definition) is 0. The molecular weight excluding hydrogens is 242 g/mol. The monoisotopic (exact) mass is 265 g/mol. The van der Waals surface area contributed by atoms with Crippen LogP contribution >= 0.6 is 0 Å². The van der Waals surface area contributed by atoms with Crippen molar-refractivity contribution in [1.29, 1.82) is 0 Å². The summed E-state index contributed by atoms with van der Waals surface area (Å²) in [5.74, 6) is 0.759. The smallest absolute Gasteiger partial charge is 0.306 e. The van der Waals surface area contributed by atoms with Crippen molar-refractivity contribution in [3.05, 3.63) is 29.3 Å². The number of carbonyl (C=O) groups excluding carboxylic acids is 1. The van der Waals surface area contributed by atoms with Gasteiger partial charge in [-0.05, 0) is 37.6 Å². The Balaban J connectivity index is 2.39. The minimum Gasteiger partial charge on any atom is -0.496 e. The summed E-state index contributed by atoms with van der Waals surface area (Å²) in [6, 6.07) is 6.23. The topological polar surface area (TPSA) is 38.8 Å². The number of aryl methyl sites for hydroxylation is 1. The maximum absolute atomic E-state index is 11.0. The quantitative estimate of drug-likeness (QED) is 0.707. The maximum Gasteiger partial charge on any atom is 0.306 e. The molecule has 0 bridgehead atoms. The van der Waals surface area contributed by atoms with Gasteiger partial charge in [-0.3, -0.25) is 4.79 Å². The number of rotatable bonds is 7. The Bertz CT molecular complexity index is 418. The van der Waals surface area contributed by atoms with Gasteiger partial charge in [0.1, 0.15) is 5.75 Å². The van der Waals surface area contributed by atoms with Gasteiger partial charge in [-0.15, -0.1) is 0 Å². The van der Waals surface area contributed by atoms with Crippen molar-refractivity contribution in [3.63, 3.8) is 0 Å². The molecular formula is C15H23NO3. The van der Waals surface area contributed by atoms with Crippen molar-refractivity contribution in [2.75, 3.05) is 34.4 Å². The Labute approximate surface area is 115 Å². The van der Waals surface area contributed by atoms with Gasteiger partial charge in [-0.25, -0.2) is 0 Å². The lowest BCUT2D eigenvalue weighted by atomic mass is 10.1. The van der Waals surface area contributed by atoms with Crippen molar-refractivity contribution >= 4 is 5.97 Å². The van der Waals surface area contributed by atoms with E-state index in [4.69, 9.17) is 4.74 Å². The van der Waals surface area contributed by atoms with E-state index in [2.05, 4.69) is 21.8 Å². The van der Waals surface area contributed by atoms with Crippen LogP contribution in [0.5, 0.6) is 5.75 Å². The number of benzene rings is 1. The summed E-state index contributed by atoms with van der Waals surface area (Å²) in [5.41, 5.74) is 2.43. The molecule has 0 spiro atoms. The summed E-state index contributed by atoms with van der Waals surface area (Å²) >= 11 is 0. The van der Waals surface area contributed by atoms with Crippen molar-refractivity contribution in [2.24, 2.45) is 0 Å². The Kier molecular flexibility index (Phi) is 6.36. The number of esters is 1. The summed E-state index contributed by atoms with van der Waals surface area (Å²) in [7, 11) is 5.12. The molecule has 1 rings (SSSR count). The van der Waals surface area contributed by atoms with Crippen molar-refractivity contribution in [3.8, 4) is 5.75 Å². The summed E-state index contributed by atoms with van der Waals surface area (Å²) in [6.07, 6.45) is 1.40. The third kappa shape index (κ3) is 5.30. The molecule has 0 unspecified atom stereocenters. The molecule has 0 N–H and O–H groups in total. The van der Waals surface area contributed by atoms with Crippen LogP contribution in [0.3, 0.4) is 0 Å². The highest BCUT2D eigenvalue weighted by Crippen LogP contribution is 2.18. The van der Waals surface area contributed by atoms with Gasteiger partial charge in [0.25, 0.3) is 0 Å². The van der Waals surface area contributed by atoms with Crippen LogP contribution in [0.1, 0.15) is 17.5 Å². The van der Waals surface area contributed by atoms with Crippen molar-refractivity contribution in [2.45, 2.75) is 19.8 Å². The van der Waals surface area contributed by atoms with Gasteiger partial charge >= 0.3 is 5.97 Å². The highest BCUT2D eigenvalue weighted by Gasteiger charge is 2.05. The van der Waals surface area contributed by atoms with Crippen molar-refractivity contribution < 1.29 is 14.3 Å². The number of hydrogen-bond acceptors (Lipinski definition) is 4. The van der Waals surface area contributed by atoms with Gasteiger partial charge in [-0.1, -0.05) is 12.1 Å².